The van der Waals surface area contributed by atoms with Gasteiger partial charge in [-0.2, -0.15) is 0 Å². The van der Waals surface area contributed by atoms with Crippen molar-refractivity contribution in [1.82, 2.24) is 10.6 Å². The Morgan fingerprint density at radius 3 is 2.73 bits per heavy atom. The Bertz CT molecular complexity index is 791. The summed E-state index contributed by atoms with van der Waals surface area (Å²) in [5.74, 6) is 0.843. The van der Waals surface area contributed by atoms with Crippen LogP contribution < -0.4 is 21.7 Å². The highest BCUT2D eigenvalue weighted by molar-refractivity contribution is 6.11. The number of anilines is 1. The molecule has 1 aromatic rings. The zero-order valence-electron chi connectivity index (χ0n) is 18.3. The van der Waals surface area contributed by atoms with Crippen LogP contribution in [0.3, 0.4) is 0 Å². The van der Waals surface area contributed by atoms with Gasteiger partial charge in [0.05, 0.1) is 5.71 Å². The monoisotopic (exact) mass is 413 g/mol. The van der Waals surface area contributed by atoms with Crippen LogP contribution in [0.5, 0.6) is 0 Å². The molecule has 1 aliphatic heterocycles. The molecule has 1 fully saturated rings. The average Bonchev–Trinajstić information content (AvgIpc) is 2.70. The van der Waals surface area contributed by atoms with Gasteiger partial charge in [-0.3, -0.25) is 15.0 Å². The van der Waals surface area contributed by atoms with E-state index in [2.05, 4.69) is 29.8 Å². The maximum Gasteiger partial charge on any atom is 0.220 e. The summed E-state index contributed by atoms with van der Waals surface area (Å²) in [6.07, 6.45) is 5.08. The number of nitrogens with two attached hydrogens (primary N) is 1. The van der Waals surface area contributed by atoms with Crippen LogP contribution in [0.25, 0.3) is 0 Å². The molecule has 1 aromatic carbocycles. The van der Waals surface area contributed by atoms with Gasteiger partial charge in [-0.1, -0.05) is 26.0 Å². The normalized spacial score (nSPS) is 20.5. The summed E-state index contributed by atoms with van der Waals surface area (Å²) >= 11 is 0. The van der Waals surface area contributed by atoms with E-state index in [1.54, 1.807) is 12.1 Å². The molecule has 164 valence electrons. The van der Waals surface area contributed by atoms with E-state index in [9.17, 15) is 9.59 Å². The Kier molecular flexibility index (Phi) is 8.59. The lowest BCUT2D eigenvalue weighted by Crippen LogP contribution is -2.38. The lowest BCUT2D eigenvalue weighted by atomic mass is 9.75. The molecule has 7 nitrogen and oxygen atoms in total. The molecule has 6 N–H and O–H groups in total. The molecule has 1 aliphatic carbocycles. The first-order valence-corrected chi connectivity index (χ1v) is 10.5. The maximum absolute atomic E-state index is 10.7. The number of piperidine rings is 1. The van der Waals surface area contributed by atoms with E-state index < -0.39 is 0 Å². The molecular weight excluding hydrogens is 378 g/mol. The summed E-state index contributed by atoms with van der Waals surface area (Å²) in [6, 6.07) is 7.31. The van der Waals surface area contributed by atoms with Gasteiger partial charge < -0.3 is 21.7 Å². The fourth-order valence-corrected chi connectivity index (χ4v) is 3.87. The molecule has 2 amide bonds. The molecule has 1 unspecified atom stereocenters. The molecule has 2 aliphatic rings. The lowest BCUT2D eigenvalue weighted by Gasteiger charge is -2.31. The first kappa shape index (κ1) is 23.6. The first-order chi connectivity index (χ1) is 14.3. The number of rotatable bonds is 6. The fraction of sp³-hybridized carbons (Fsp3) is 0.522. The van der Waals surface area contributed by atoms with Gasteiger partial charge in [0.25, 0.3) is 0 Å². The van der Waals surface area contributed by atoms with Crippen LogP contribution in [0, 0.1) is 16.7 Å². The van der Waals surface area contributed by atoms with Gasteiger partial charge in [0.1, 0.15) is 0 Å². The van der Waals surface area contributed by atoms with Gasteiger partial charge in [0.2, 0.25) is 12.3 Å². The number of carbonyl (C=O) groups is 2. The number of benzene rings is 1. The molecule has 0 saturated carbocycles. The second-order valence-corrected chi connectivity index (χ2v) is 8.83. The summed E-state index contributed by atoms with van der Waals surface area (Å²) in [7, 11) is 1.94. The van der Waals surface area contributed by atoms with Crippen molar-refractivity contribution in [3.05, 3.63) is 41.1 Å². The maximum atomic E-state index is 10.7. The number of carbonyl (C=O) groups excluding carboxylic acids is 2. The van der Waals surface area contributed by atoms with Crippen molar-refractivity contribution in [1.29, 1.82) is 5.41 Å². The topological polar surface area (TPSA) is 120 Å². The Morgan fingerprint density at radius 1 is 1.37 bits per heavy atom. The smallest absolute Gasteiger partial charge is 0.220 e. The van der Waals surface area contributed by atoms with E-state index in [-0.39, 0.29) is 11.3 Å². The van der Waals surface area contributed by atoms with E-state index in [4.69, 9.17) is 11.1 Å². The van der Waals surface area contributed by atoms with Gasteiger partial charge in [-0.05, 0) is 68.3 Å². The Morgan fingerprint density at radius 2 is 2.13 bits per heavy atom. The second kappa shape index (κ2) is 10.9. The van der Waals surface area contributed by atoms with E-state index in [0.29, 0.717) is 30.1 Å². The van der Waals surface area contributed by atoms with Crippen LogP contribution in [0.15, 0.2) is 35.5 Å². The number of nitrogens with one attached hydrogen (secondary N) is 4. The predicted octanol–water partition coefficient (Wildman–Crippen LogP) is 2.78. The Labute approximate surface area is 179 Å². The van der Waals surface area contributed by atoms with Crippen molar-refractivity contribution in [2.75, 3.05) is 25.5 Å². The molecule has 0 bridgehead atoms. The minimum absolute atomic E-state index is 0.201. The van der Waals surface area contributed by atoms with Crippen LogP contribution in [0.1, 0.15) is 51.5 Å². The molecule has 1 saturated heterocycles. The number of hydrogen-bond acceptors (Lipinski definition) is 5. The van der Waals surface area contributed by atoms with Crippen molar-refractivity contribution in [3.63, 3.8) is 0 Å². The number of allylic oxidation sites excluding steroid dienone is 2. The molecule has 7 heteroatoms. The highest BCUT2D eigenvalue weighted by Crippen LogP contribution is 2.37. The minimum Gasteiger partial charge on any atom is -0.402 e. The van der Waals surface area contributed by atoms with Crippen molar-refractivity contribution in [3.8, 4) is 0 Å². The largest absolute Gasteiger partial charge is 0.402 e. The molecule has 0 radical (unpaired) electrons. The summed E-state index contributed by atoms with van der Waals surface area (Å²) in [6.45, 7) is 6.27. The van der Waals surface area contributed by atoms with Crippen LogP contribution in [0.2, 0.25) is 0 Å². The van der Waals surface area contributed by atoms with Gasteiger partial charge in [0.15, 0.2) is 0 Å². The van der Waals surface area contributed by atoms with Crippen molar-refractivity contribution in [2.45, 2.75) is 46.0 Å². The van der Waals surface area contributed by atoms with Gasteiger partial charge in [0, 0.05) is 29.9 Å². The van der Waals surface area contributed by atoms with Crippen LogP contribution in [-0.4, -0.2) is 38.2 Å². The zero-order valence-corrected chi connectivity index (χ0v) is 18.3. The molecule has 1 atom stereocenters. The van der Waals surface area contributed by atoms with Crippen LogP contribution in [-0.2, 0) is 9.59 Å². The molecule has 30 heavy (non-hydrogen) atoms. The van der Waals surface area contributed by atoms with Crippen LogP contribution >= 0.6 is 0 Å². The summed E-state index contributed by atoms with van der Waals surface area (Å²) < 4.78 is 0. The van der Waals surface area contributed by atoms with Gasteiger partial charge >= 0.3 is 0 Å². The molecular formula is C23H35N5O2. The summed E-state index contributed by atoms with van der Waals surface area (Å²) in [5, 5.41) is 16.9. The van der Waals surface area contributed by atoms with E-state index in [1.165, 1.54) is 0 Å². The first-order valence-electron chi connectivity index (χ1n) is 10.5. The highest BCUT2D eigenvalue weighted by Gasteiger charge is 2.27. The third kappa shape index (κ3) is 6.99. The Hall–Kier alpha value is -2.67. The quantitative estimate of drug-likeness (QED) is 0.364. The standard InChI is InChI=1S/C16H21N3O.C7H14N2O/c1-16(2)7-6-13(14(17)9-16)15(18)11-4-3-5-12(8-11)19-10-20;1-8-4-6-2-3-7(10)9-5-6/h3-5,8,10,18H,6-7,9,17H2,1-2H3,(H,19,20);6,8H,2-5H2,1H3,(H,9,10). The second-order valence-electron chi connectivity index (χ2n) is 8.83. The highest BCUT2D eigenvalue weighted by atomic mass is 16.1. The molecule has 1 heterocycles. The number of hydrogen-bond donors (Lipinski definition) is 5. The lowest BCUT2D eigenvalue weighted by molar-refractivity contribution is -0.122. The van der Waals surface area contributed by atoms with E-state index in [1.807, 2.05) is 19.2 Å². The summed E-state index contributed by atoms with van der Waals surface area (Å²) in [5.41, 5.74) is 10.1. The van der Waals surface area contributed by atoms with Crippen molar-refractivity contribution < 1.29 is 9.59 Å². The SMILES string of the molecule is CC1(C)CCC(C(=N)c2cccc(NC=O)c2)=C(N)C1.CNCC1CCC(=O)NC1. The molecule has 3 rings (SSSR count). The third-order valence-corrected chi connectivity index (χ3v) is 5.65. The minimum atomic E-state index is 0.201. The fourth-order valence-electron chi connectivity index (χ4n) is 3.87. The zero-order chi connectivity index (χ0) is 22.1. The predicted molar refractivity (Wildman–Crippen MR) is 121 cm³/mol. The van der Waals surface area contributed by atoms with Crippen LogP contribution in [0.4, 0.5) is 5.69 Å². The third-order valence-electron chi connectivity index (χ3n) is 5.65. The molecule has 0 aromatic heterocycles. The van der Waals surface area contributed by atoms with E-state index >= 15 is 0 Å². The summed E-state index contributed by atoms with van der Waals surface area (Å²) in [4.78, 5) is 21.2. The Balaban J connectivity index is 0.000000269. The van der Waals surface area contributed by atoms with Crippen molar-refractivity contribution in [2.24, 2.45) is 17.1 Å². The van der Waals surface area contributed by atoms with Gasteiger partial charge in [-0.15, -0.1) is 0 Å². The number of amides is 2. The average molecular weight is 414 g/mol. The van der Waals surface area contributed by atoms with E-state index in [0.717, 1.165) is 55.6 Å². The van der Waals surface area contributed by atoms with Gasteiger partial charge in [-0.25, -0.2) is 0 Å². The van der Waals surface area contributed by atoms with Crippen molar-refractivity contribution >= 4 is 23.7 Å². The molecule has 0 spiro atoms.